The molecule has 0 radical (unpaired) electrons. The number of nitrogens with one attached hydrogen (secondary N) is 1. The van der Waals surface area contributed by atoms with Crippen LogP contribution in [0.4, 0.5) is 0 Å². The summed E-state index contributed by atoms with van der Waals surface area (Å²) in [7, 11) is 1.78. The van der Waals surface area contributed by atoms with Crippen molar-refractivity contribution in [3.63, 3.8) is 0 Å². The molecular weight excluding hydrogens is 312 g/mol. The molecule has 1 aliphatic rings. The van der Waals surface area contributed by atoms with E-state index < -0.39 is 0 Å². The van der Waals surface area contributed by atoms with Crippen LogP contribution < -0.4 is 5.32 Å². The number of carbonyl (C=O) groups is 2. The van der Waals surface area contributed by atoms with Crippen LogP contribution in [0.1, 0.15) is 23.8 Å². The lowest BCUT2D eigenvalue weighted by atomic mass is 9.98. The van der Waals surface area contributed by atoms with E-state index in [2.05, 4.69) is 10.3 Å². The second-order valence-electron chi connectivity index (χ2n) is 5.72. The molecule has 1 fully saturated rings. The minimum absolute atomic E-state index is 0.0296. The molecule has 2 atom stereocenters. The minimum Gasteiger partial charge on any atom is -0.356 e. The summed E-state index contributed by atoms with van der Waals surface area (Å²) in [4.78, 5) is 31.3. The standard InChI is InChI=1S/C16H20N4O2S/c1-19-14(21)10-12(15(19)13-4-2-9-23-13)16(22)18-5-3-7-20-8-6-17-11-20/h2,4,6,8-9,11-12,15H,3,5,7,10H2,1H3,(H,18,22)/t12-,15+/m1/s1. The van der Waals surface area contributed by atoms with Gasteiger partial charge < -0.3 is 14.8 Å². The Morgan fingerprint density at radius 1 is 1.52 bits per heavy atom. The van der Waals surface area contributed by atoms with E-state index in [0.29, 0.717) is 6.54 Å². The van der Waals surface area contributed by atoms with Crippen molar-refractivity contribution >= 4 is 23.2 Å². The molecule has 0 unspecified atom stereocenters. The highest BCUT2D eigenvalue weighted by atomic mass is 32.1. The van der Waals surface area contributed by atoms with E-state index in [9.17, 15) is 9.59 Å². The van der Waals surface area contributed by atoms with Gasteiger partial charge in [0, 0.05) is 43.8 Å². The smallest absolute Gasteiger partial charge is 0.226 e. The third-order valence-corrected chi connectivity index (χ3v) is 5.15. The highest BCUT2D eigenvalue weighted by Crippen LogP contribution is 2.38. The summed E-state index contributed by atoms with van der Waals surface area (Å²) in [5.41, 5.74) is 0. The third kappa shape index (κ3) is 3.44. The maximum atomic E-state index is 12.5. The Morgan fingerprint density at radius 2 is 2.39 bits per heavy atom. The number of thiophene rings is 1. The van der Waals surface area contributed by atoms with Crippen LogP contribution >= 0.6 is 11.3 Å². The van der Waals surface area contributed by atoms with E-state index in [1.807, 2.05) is 28.3 Å². The van der Waals surface area contributed by atoms with Crippen molar-refractivity contribution in [2.24, 2.45) is 5.92 Å². The molecule has 3 rings (SSSR count). The molecule has 1 aliphatic heterocycles. The van der Waals surface area contributed by atoms with E-state index in [1.165, 1.54) is 0 Å². The number of imidazole rings is 1. The summed E-state index contributed by atoms with van der Waals surface area (Å²) in [6.07, 6.45) is 6.53. The van der Waals surface area contributed by atoms with Crippen LogP contribution in [-0.4, -0.2) is 39.9 Å². The summed E-state index contributed by atoms with van der Waals surface area (Å²) >= 11 is 1.59. The molecule has 3 heterocycles. The van der Waals surface area contributed by atoms with Crippen molar-refractivity contribution in [1.82, 2.24) is 19.8 Å². The van der Waals surface area contributed by atoms with Crippen LogP contribution in [0, 0.1) is 5.92 Å². The predicted molar refractivity (Wildman–Crippen MR) is 87.8 cm³/mol. The topological polar surface area (TPSA) is 67.2 Å². The molecule has 0 saturated carbocycles. The number of carbonyl (C=O) groups excluding carboxylic acids is 2. The van der Waals surface area contributed by atoms with Crippen LogP contribution in [-0.2, 0) is 16.1 Å². The number of nitrogens with zero attached hydrogens (tertiary/aromatic N) is 3. The molecule has 6 nitrogen and oxygen atoms in total. The highest BCUT2D eigenvalue weighted by Gasteiger charge is 2.42. The van der Waals surface area contributed by atoms with Crippen molar-refractivity contribution in [2.75, 3.05) is 13.6 Å². The number of aryl methyl sites for hydroxylation is 1. The average molecular weight is 332 g/mol. The maximum absolute atomic E-state index is 12.5. The molecule has 2 aromatic heterocycles. The SMILES string of the molecule is CN1C(=O)C[C@@H](C(=O)NCCCn2ccnc2)[C@H]1c1cccs1. The Morgan fingerprint density at radius 3 is 3.09 bits per heavy atom. The summed E-state index contributed by atoms with van der Waals surface area (Å²) in [6.45, 7) is 1.42. The van der Waals surface area contributed by atoms with Crippen LogP contribution in [0.3, 0.4) is 0 Å². The first-order chi connectivity index (χ1) is 11.2. The fourth-order valence-corrected chi connectivity index (χ4v) is 3.91. The summed E-state index contributed by atoms with van der Waals surface area (Å²) in [5.74, 6) is -0.312. The van der Waals surface area contributed by atoms with Crippen molar-refractivity contribution < 1.29 is 9.59 Å². The number of hydrogen-bond acceptors (Lipinski definition) is 4. The zero-order valence-electron chi connectivity index (χ0n) is 13.0. The molecule has 2 amide bonds. The fourth-order valence-electron chi connectivity index (χ4n) is 2.98. The molecule has 0 bridgehead atoms. The van der Waals surface area contributed by atoms with Crippen molar-refractivity contribution in [2.45, 2.75) is 25.4 Å². The number of aromatic nitrogens is 2. The van der Waals surface area contributed by atoms with Gasteiger partial charge in [-0.05, 0) is 17.9 Å². The normalized spacial score (nSPS) is 20.9. The largest absolute Gasteiger partial charge is 0.356 e. The van der Waals surface area contributed by atoms with E-state index >= 15 is 0 Å². The van der Waals surface area contributed by atoms with E-state index in [4.69, 9.17) is 0 Å². The Hall–Kier alpha value is -2.15. The highest BCUT2D eigenvalue weighted by molar-refractivity contribution is 7.10. The van der Waals surface area contributed by atoms with Gasteiger partial charge in [-0.15, -0.1) is 11.3 Å². The van der Waals surface area contributed by atoms with Gasteiger partial charge in [-0.2, -0.15) is 0 Å². The van der Waals surface area contributed by atoms with E-state index in [1.54, 1.807) is 35.8 Å². The monoisotopic (exact) mass is 332 g/mol. The Balaban J connectivity index is 1.56. The summed E-state index contributed by atoms with van der Waals surface area (Å²) in [6, 6.07) is 3.80. The lowest BCUT2D eigenvalue weighted by Crippen LogP contribution is -2.35. The Bertz CT molecular complexity index is 654. The fraction of sp³-hybridized carbons (Fsp3) is 0.438. The lowest BCUT2D eigenvalue weighted by Gasteiger charge is -2.23. The second-order valence-corrected chi connectivity index (χ2v) is 6.70. The molecule has 7 heteroatoms. The van der Waals surface area contributed by atoms with Gasteiger partial charge in [-0.3, -0.25) is 9.59 Å². The van der Waals surface area contributed by atoms with Crippen molar-refractivity contribution in [3.05, 3.63) is 41.1 Å². The van der Waals surface area contributed by atoms with Crippen molar-refractivity contribution in [1.29, 1.82) is 0 Å². The number of amides is 2. The van der Waals surface area contributed by atoms with Crippen LogP contribution in [0.15, 0.2) is 36.2 Å². The zero-order valence-corrected chi connectivity index (χ0v) is 13.8. The van der Waals surface area contributed by atoms with Crippen molar-refractivity contribution in [3.8, 4) is 0 Å². The molecule has 0 spiro atoms. The Labute approximate surface area is 139 Å². The second kappa shape index (κ2) is 6.95. The van der Waals surface area contributed by atoms with E-state index in [-0.39, 0.29) is 30.2 Å². The maximum Gasteiger partial charge on any atom is 0.226 e. The van der Waals surface area contributed by atoms with Gasteiger partial charge >= 0.3 is 0 Å². The molecule has 1 N–H and O–H groups in total. The molecule has 23 heavy (non-hydrogen) atoms. The van der Waals surface area contributed by atoms with Crippen LogP contribution in [0.25, 0.3) is 0 Å². The first-order valence-corrected chi connectivity index (χ1v) is 8.57. The summed E-state index contributed by atoms with van der Waals surface area (Å²) in [5, 5.41) is 4.95. The number of likely N-dealkylation sites (tertiary alicyclic amines) is 1. The van der Waals surface area contributed by atoms with Gasteiger partial charge in [0.15, 0.2) is 0 Å². The lowest BCUT2D eigenvalue weighted by molar-refractivity contribution is -0.128. The van der Waals surface area contributed by atoms with Gasteiger partial charge in [0.05, 0.1) is 18.3 Å². The number of hydrogen-bond donors (Lipinski definition) is 1. The van der Waals surface area contributed by atoms with E-state index in [0.717, 1.165) is 17.8 Å². The van der Waals surface area contributed by atoms with Crippen LogP contribution in [0.5, 0.6) is 0 Å². The third-order valence-electron chi connectivity index (χ3n) is 4.21. The molecule has 2 aromatic rings. The molecule has 122 valence electrons. The van der Waals surface area contributed by atoms with Gasteiger partial charge in [-0.1, -0.05) is 6.07 Å². The van der Waals surface area contributed by atoms with Gasteiger partial charge in [0.1, 0.15) is 0 Å². The summed E-state index contributed by atoms with van der Waals surface area (Å²) < 4.78 is 1.98. The first-order valence-electron chi connectivity index (χ1n) is 7.69. The number of rotatable bonds is 6. The molecule has 1 saturated heterocycles. The quantitative estimate of drug-likeness (QED) is 0.818. The molecule has 0 aromatic carbocycles. The van der Waals surface area contributed by atoms with Crippen LogP contribution in [0.2, 0.25) is 0 Å². The van der Waals surface area contributed by atoms with Gasteiger partial charge in [0.2, 0.25) is 11.8 Å². The average Bonchev–Trinajstić information content (AvgIpc) is 3.27. The van der Waals surface area contributed by atoms with Gasteiger partial charge in [-0.25, -0.2) is 4.98 Å². The minimum atomic E-state index is -0.306. The molecule has 0 aliphatic carbocycles. The zero-order chi connectivity index (χ0) is 16.2. The Kier molecular flexibility index (Phi) is 4.76. The van der Waals surface area contributed by atoms with Gasteiger partial charge in [0.25, 0.3) is 0 Å². The predicted octanol–water partition coefficient (Wildman–Crippen LogP) is 1.67. The molecular formula is C16H20N4O2S. The first kappa shape index (κ1) is 15.7.